The topological polar surface area (TPSA) is 204 Å². The van der Waals surface area contributed by atoms with Crippen LogP contribution in [-0.2, 0) is 16.8 Å². The average Bonchev–Trinajstić information content (AvgIpc) is 1.62. The molecule has 6 aliphatic heterocycles. The van der Waals surface area contributed by atoms with Crippen LogP contribution in [-0.4, -0.2) is 75.6 Å². The van der Waals surface area contributed by atoms with E-state index in [1.54, 1.807) is 0 Å². The van der Waals surface area contributed by atoms with Crippen molar-refractivity contribution in [2.24, 2.45) is 39.9 Å². The summed E-state index contributed by atoms with van der Waals surface area (Å²) in [6, 6.07) is 80.7. The van der Waals surface area contributed by atoms with Gasteiger partial charge in [0, 0.05) is 48.3 Å². The van der Waals surface area contributed by atoms with E-state index in [0.29, 0.717) is 71.2 Å². The maximum absolute atomic E-state index is 5.53. The van der Waals surface area contributed by atoms with Crippen LogP contribution in [0.2, 0.25) is 0 Å². The van der Waals surface area contributed by atoms with E-state index in [4.69, 9.17) is 79.8 Å². The molecule has 0 aliphatic carbocycles. The first-order valence-corrected chi connectivity index (χ1v) is 30.3. The molecule has 1 radical (unpaired) electrons. The van der Waals surface area contributed by atoms with Crippen LogP contribution < -0.4 is 9.97 Å². The quantitative estimate of drug-likeness (QED) is 0.143. The van der Waals surface area contributed by atoms with Crippen LogP contribution >= 0.6 is 0 Å². The van der Waals surface area contributed by atoms with Crippen molar-refractivity contribution in [1.29, 1.82) is 0 Å². The molecule has 0 fully saturated rings. The van der Waals surface area contributed by atoms with Crippen molar-refractivity contribution < 1.29 is 16.8 Å². The monoisotopic (exact) mass is 1240 g/mol. The third kappa shape index (κ3) is 10.8. The molecule has 0 atom stereocenters. The number of nitrogens with zero attached hydrogens (tertiary/aromatic N) is 16. The summed E-state index contributed by atoms with van der Waals surface area (Å²) in [6.07, 6.45) is 1.47. The SMILES string of the molecule is [Co+2].c1ccc(C2=NC3=C(N=C(c4ccccc4)C2)c2nc3nc3[n-]c(nc4nc(nc5[n-]c(n2)c2c5N=C(c5ccccc5)CC(c5ccccc5)=N2)C2=C4N=C(c4ccccc4)CC(c4ccccc4)=N2)c2c3N=C(c3ccccc3)CC(c3ccccc3)=N2)cc1. The van der Waals surface area contributed by atoms with Gasteiger partial charge in [0.25, 0.3) is 0 Å². The summed E-state index contributed by atoms with van der Waals surface area (Å²) in [7, 11) is 0. The number of aromatic nitrogens is 8. The molecule has 0 spiro atoms. The van der Waals surface area contributed by atoms with E-state index >= 15 is 0 Å². The van der Waals surface area contributed by atoms with Crippen molar-refractivity contribution in [2.45, 2.75) is 25.7 Å². The number of hydrogen-bond acceptors (Lipinski definition) is 14. The van der Waals surface area contributed by atoms with Gasteiger partial charge in [-0.3, -0.25) is 0 Å². The van der Waals surface area contributed by atoms with Crippen LogP contribution in [0.5, 0.6) is 0 Å². The fourth-order valence-corrected chi connectivity index (χ4v) is 11.9. The molecule has 17 rings (SSSR count). The molecule has 11 aromatic rings. The zero-order valence-electron chi connectivity index (χ0n) is 49.4. The number of fused-ring (bicyclic) bond motifs is 18. The number of benzene rings is 8. The molecule has 0 saturated carbocycles. The fourth-order valence-electron chi connectivity index (χ4n) is 11.9. The molecule has 441 valence electrons. The van der Waals surface area contributed by atoms with Crippen LogP contribution in [0.15, 0.2) is 283 Å². The molecule has 8 aromatic carbocycles. The van der Waals surface area contributed by atoms with Gasteiger partial charge in [-0.05, 0) is 44.5 Å². The molecular formula is C76H48CoN16. The predicted molar refractivity (Wildman–Crippen MR) is 365 cm³/mol. The van der Waals surface area contributed by atoms with E-state index in [1.165, 1.54) is 0 Å². The minimum Gasteiger partial charge on any atom is -0.354 e. The smallest absolute Gasteiger partial charge is 0.354 e. The van der Waals surface area contributed by atoms with Crippen LogP contribution in [0.1, 0.15) is 93.5 Å². The van der Waals surface area contributed by atoms with E-state index in [1.807, 2.05) is 243 Å². The Balaban J connectivity index is 0.00000686. The number of rotatable bonds is 8. The maximum Gasteiger partial charge on any atom is 2.00 e. The first kappa shape index (κ1) is 56.2. The van der Waals surface area contributed by atoms with Gasteiger partial charge in [-0.15, -0.1) is 0 Å². The van der Waals surface area contributed by atoms with Crippen LogP contribution in [0.3, 0.4) is 0 Å². The molecule has 17 heteroatoms. The maximum atomic E-state index is 5.53. The minimum atomic E-state index is 0. The Morgan fingerprint density at radius 1 is 0.194 bits per heavy atom. The van der Waals surface area contributed by atoms with Crippen molar-refractivity contribution in [1.82, 2.24) is 39.9 Å². The largest absolute Gasteiger partial charge is 2.00 e. The average molecular weight is 1240 g/mol. The summed E-state index contributed by atoms with van der Waals surface area (Å²) < 4.78 is 0. The first-order chi connectivity index (χ1) is 45.5. The van der Waals surface area contributed by atoms with Crippen LogP contribution in [0.25, 0.3) is 45.4 Å². The van der Waals surface area contributed by atoms with E-state index in [0.717, 1.165) is 90.2 Å². The molecule has 6 aliphatic rings. The summed E-state index contributed by atoms with van der Waals surface area (Å²) in [5.74, 6) is 0.722. The Morgan fingerprint density at radius 3 is 0.527 bits per heavy atom. The normalized spacial score (nSPS) is 15.1. The molecule has 93 heavy (non-hydrogen) atoms. The Hall–Kier alpha value is -12.1. The summed E-state index contributed by atoms with van der Waals surface area (Å²) in [4.78, 5) is 87.6. The minimum absolute atomic E-state index is 0. The van der Waals surface area contributed by atoms with Crippen molar-refractivity contribution >= 4 is 114 Å². The molecule has 0 N–H and O–H groups in total. The molecule has 8 bridgehead atoms. The summed E-state index contributed by atoms with van der Waals surface area (Å²) in [6.45, 7) is 0. The molecular weight excluding hydrogens is 1200 g/mol. The Labute approximate surface area is 543 Å². The zero-order chi connectivity index (χ0) is 60.9. The van der Waals surface area contributed by atoms with Gasteiger partial charge in [0.05, 0.1) is 45.7 Å². The second-order valence-corrected chi connectivity index (χ2v) is 22.4. The second kappa shape index (κ2) is 24.0. The van der Waals surface area contributed by atoms with Crippen molar-refractivity contribution in [3.63, 3.8) is 0 Å². The molecule has 0 unspecified atom stereocenters. The molecule has 16 nitrogen and oxygen atoms in total. The Morgan fingerprint density at radius 2 is 0.355 bits per heavy atom. The van der Waals surface area contributed by atoms with E-state index in [-0.39, 0.29) is 62.7 Å². The fraction of sp³-hybridized carbons (Fsp3) is 0.0526. The summed E-state index contributed by atoms with van der Waals surface area (Å²) in [5, 5.41) is 0. The summed E-state index contributed by atoms with van der Waals surface area (Å²) >= 11 is 0. The third-order valence-electron chi connectivity index (χ3n) is 16.5. The molecule has 3 aromatic heterocycles. The van der Waals surface area contributed by atoms with Crippen LogP contribution in [0, 0.1) is 0 Å². The van der Waals surface area contributed by atoms with Gasteiger partial charge in [0.15, 0.2) is 0 Å². The number of hydrogen-bond donors (Lipinski definition) is 0. The second-order valence-electron chi connectivity index (χ2n) is 22.4. The van der Waals surface area contributed by atoms with Gasteiger partial charge in [-0.1, -0.05) is 243 Å². The van der Waals surface area contributed by atoms with Crippen LogP contribution in [0.4, 0.5) is 22.7 Å². The van der Waals surface area contributed by atoms with Crippen molar-refractivity contribution in [2.75, 3.05) is 0 Å². The molecule has 9 heterocycles. The standard InChI is InChI=1S/C76H48N16.Co/c1-9-25-45(26-10-1)53-41-54(46-27-11-2-12-28-46)78-62-61(77-53)69-85-70(62)90-72-65-66(82-58(50-35-19-6-20-36-50)43-57(81-65)49-33-17-5-18-34-49)74(87-72)92-76-68-67(83-59(51-37-21-7-22-38-51)44-60(84-68)52-39-23-8-24-40-52)75(88-76)91-73-64-63(71(86-73)89-69)79-55(47-29-13-3-14-30-47)42-56(80-64)48-31-15-4-16-32-48;/h1-40H,41-44H2;/q-2;+2. The predicted octanol–water partition coefficient (Wildman–Crippen LogP) is 14.9. The van der Waals surface area contributed by atoms with E-state index < -0.39 is 0 Å². The Bertz CT molecular complexity index is 4670. The van der Waals surface area contributed by atoms with Gasteiger partial charge in [0.2, 0.25) is 0 Å². The van der Waals surface area contributed by atoms with E-state index in [9.17, 15) is 0 Å². The molecule has 0 amide bonds. The van der Waals surface area contributed by atoms with Gasteiger partial charge >= 0.3 is 16.8 Å². The van der Waals surface area contributed by atoms with Gasteiger partial charge in [-0.2, -0.15) is 0 Å². The third-order valence-corrected chi connectivity index (χ3v) is 16.5. The van der Waals surface area contributed by atoms with E-state index in [2.05, 4.69) is 0 Å². The summed E-state index contributed by atoms with van der Waals surface area (Å²) in [5.41, 5.74) is 16.8. The first-order valence-electron chi connectivity index (χ1n) is 30.3. The molecule has 0 saturated heterocycles. The van der Waals surface area contributed by atoms with Crippen molar-refractivity contribution in [3.8, 4) is 0 Å². The van der Waals surface area contributed by atoms with Gasteiger partial charge < -0.3 is 29.9 Å². The number of aliphatic imine (C=N–C) groups is 8. The van der Waals surface area contributed by atoms with Gasteiger partial charge in [-0.25, -0.2) is 49.9 Å². The zero-order valence-corrected chi connectivity index (χ0v) is 50.5. The van der Waals surface area contributed by atoms with Gasteiger partial charge in [0.1, 0.15) is 68.8 Å². The Kier molecular flexibility index (Phi) is 14.5. The van der Waals surface area contributed by atoms with Crippen molar-refractivity contribution in [3.05, 3.63) is 310 Å².